The summed E-state index contributed by atoms with van der Waals surface area (Å²) in [5.41, 5.74) is 7.44. The maximum absolute atomic E-state index is 13.5. The van der Waals surface area contributed by atoms with E-state index in [0.29, 0.717) is 40.7 Å². The van der Waals surface area contributed by atoms with Gasteiger partial charge >= 0.3 is 0 Å². The number of aryl methyl sites for hydroxylation is 1. The maximum atomic E-state index is 13.5. The van der Waals surface area contributed by atoms with Crippen molar-refractivity contribution in [3.8, 4) is 0 Å². The number of amides is 2. The zero-order valence-electron chi connectivity index (χ0n) is 19.0. The van der Waals surface area contributed by atoms with E-state index in [1.807, 2.05) is 38.1 Å². The Morgan fingerprint density at radius 3 is 2.58 bits per heavy atom. The van der Waals surface area contributed by atoms with Crippen LogP contribution in [-0.4, -0.2) is 44.7 Å². The molecule has 174 valence electrons. The van der Waals surface area contributed by atoms with Crippen LogP contribution in [0.2, 0.25) is 0 Å². The summed E-state index contributed by atoms with van der Waals surface area (Å²) >= 11 is 6.72. The summed E-state index contributed by atoms with van der Waals surface area (Å²) in [6.07, 6.45) is 3.76. The normalized spacial score (nSPS) is 19.7. The molecule has 1 atom stereocenters. The van der Waals surface area contributed by atoms with Crippen molar-refractivity contribution >= 4 is 62.8 Å². The number of fused-ring (bicyclic) bond motifs is 1. The molecule has 0 saturated carbocycles. The van der Waals surface area contributed by atoms with Crippen molar-refractivity contribution in [1.82, 2.24) is 9.47 Å². The van der Waals surface area contributed by atoms with Gasteiger partial charge in [-0.25, -0.2) is 0 Å². The first kappa shape index (κ1) is 23.5. The molecule has 4 rings (SSSR count). The van der Waals surface area contributed by atoms with Gasteiger partial charge in [-0.15, -0.1) is 0 Å². The van der Waals surface area contributed by atoms with Gasteiger partial charge in [0, 0.05) is 37.5 Å². The highest BCUT2D eigenvalue weighted by atomic mass is 32.2. The van der Waals surface area contributed by atoms with Crippen molar-refractivity contribution in [3.63, 3.8) is 0 Å². The number of thioether (sulfide) groups is 1. The molecule has 0 aliphatic carbocycles. The summed E-state index contributed by atoms with van der Waals surface area (Å²) in [6.45, 7) is 5.20. The second kappa shape index (κ2) is 9.30. The molecule has 3 heterocycles. The molecule has 2 aliphatic rings. The Labute approximate surface area is 202 Å². The van der Waals surface area contributed by atoms with Crippen LogP contribution in [0.25, 0.3) is 17.0 Å². The number of anilines is 1. The van der Waals surface area contributed by atoms with Gasteiger partial charge in [0.15, 0.2) is 0 Å². The molecule has 7 nitrogen and oxygen atoms in total. The highest BCUT2D eigenvalue weighted by Gasteiger charge is 2.35. The van der Waals surface area contributed by atoms with Gasteiger partial charge < -0.3 is 15.2 Å². The average Bonchev–Trinajstić information content (AvgIpc) is 3.09. The number of primary amides is 1. The summed E-state index contributed by atoms with van der Waals surface area (Å²) in [4.78, 5) is 42.6. The third-order valence-electron chi connectivity index (χ3n) is 6.65. The fraction of sp³-hybridized carbons (Fsp3) is 0.417. The lowest BCUT2D eigenvalue weighted by atomic mass is 9.94. The molecule has 2 aliphatic heterocycles. The van der Waals surface area contributed by atoms with E-state index in [9.17, 15) is 14.4 Å². The largest absolute Gasteiger partial charge is 0.370 e. The van der Waals surface area contributed by atoms with E-state index < -0.39 is 0 Å². The third-order valence-corrected chi connectivity index (χ3v) is 7.99. The summed E-state index contributed by atoms with van der Waals surface area (Å²) < 4.78 is 2.14. The number of nitrogens with two attached hydrogens (primary N) is 1. The Kier molecular flexibility index (Phi) is 6.63. The predicted octanol–water partition coefficient (Wildman–Crippen LogP) is 3.24. The Balaban J connectivity index is 1.86. The minimum absolute atomic E-state index is 0.00450. The standard InChI is InChI=1S/C24H28N4O3S2/c1-4-14(2)28-23(31)19(33-24(28)32)13-17-20(27-11-9-15(10-12-27)21(25)29)16-7-5-6-8-18(16)26(3)22(17)30/h5-8,13-15H,4,9-12H2,1-3H3,(H2,25,29). The van der Waals surface area contributed by atoms with E-state index >= 15 is 0 Å². The molecule has 2 saturated heterocycles. The SMILES string of the molecule is CCC(C)N1C(=O)C(=Cc2c(N3CCC(C(N)=O)CC3)c3ccccc3n(C)c2=O)SC1=S. The molecular formula is C24H28N4O3S2. The number of rotatable bonds is 5. The van der Waals surface area contributed by atoms with Gasteiger partial charge in [0.25, 0.3) is 11.5 Å². The lowest BCUT2D eigenvalue weighted by Crippen LogP contribution is -2.40. The fourth-order valence-corrected chi connectivity index (χ4v) is 5.98. The van der Waals surface area contributed by atoms with Crippen LogP contribution in [0.1, 0.15) is 38.7 Å². The van der Waals surface area contributed by atoms with Crippen LogP contribution in [0.5, 0.6) is 0 Å². The quantitative estimate of drug-likeness (QED) is 0.518. The first-order chi connectivity index (χ1) is 15.7. The van der Waals surface area contributed by atoms with E-state index in [2.05, 4.69) is 4.90 Å². The van der Waals surface area contributed by atoms with E-state index in [1.165, 1.54) is 11.8 Å². The second-order valence-electron chi connectivity index (χ2n) is 8.62. The van der Waals surface area contributed by atoms with E-state index in [-0.39, 0.29) is 29.3 Å². The van der Waals surface area contributed by atoms with Crippen molar-refractivity contribution < 1.29 is 9.59 Å². The molecule has 33 heavy (non-hydrogen) atoms. The van der Waals surface area contributed by atoms with Gasteiger partial charge in [0.05, 0.1) is 21.7 Å². The lowest BCUT2D eigenvalue weighted by molar-refractivity contribution is -0.123. The monoisotopic (exact) mass is 484 g/mol. The summed E-state index contributed by atoms with van der Waals surface area (Å²) in [6, 6.07) is 7.75. The molecule has 1 aromatic heterocycles. The molecule has 1 unspecified atom stereocenters. The summed E-state index contributed by atoms with van der Waals surface area (Å²) in [5, 5.41) is 0.931. The maximum Gasteiger partial charge on any atom is 0.266 e. The van der Waals surface area contributed by atoms with Gasteiger partial charge in [-0.1, -0.05) is 49.1 Å². The number of carbonyl (C=O) groups is 2. The number of nitrogens with zero attached hydrogens (tertiary/aromatic N) is 3. The Morgan fingerprint density at radius 2 is 1.94 bits per heavy atom. The van der Waals surface area contributed by atoms with Crippen LogP contribution >= 0.6 is 24.0 Å². The number of pyridine rings is 1. The molecule has 0 spiro atoms. The zero-order chi connectivity index (χ0) is 23.9. The van der Waals surface area contributed by atoms with Gasteiger partial charge in [0.2, 0.25) is 5.91 Å². The summed E-state index contributed by atoms with van der Waals surface area (Å²) in [5.74, 6) is -0.598. The van der Waals surface area contributed by atoms with Crippen LogP contribution in [0.3, 0.4) is 0 Å². The van der Waals surface area contributed by atoms with Crippen LogP contribution in [0.15, 0.2) is 34.0 Å². The van der Waals surface area contributed by atoms with E-state index in [0.717, 1.165) is 23.0 Å². The van der Waals surface area contributed by atoms with Crippen molar-refractivity contribution in [3.05, 3.63) is 45.1 Å². The van der Waals surface area contributed by atoms with E-state index in [1.54, 1.807) is 22.6 Å². The number of piperidine rings is 1. The summed E-state index contributed by atoms with van der Waals surface area (Å²) in [7, 11) is 1.75. The number of hydrogen-bond acceptors (Lipinski definition) is 6. The number of thiocarbonyl (C=S) groups is 1. The smallest absolute Gasteiger partial charge is 0.266 e. The fourth-order valence-electron chi connectivity index (χ4n) is 4.53. The molecule has 1 aromatic carbocycles. The minimum Gasteiger partial charge on any atom is -0.370 e. The highest BCUT2D eigenvalue weighted by Crippen LogP contribution is 2.38. The van der Waals surface area contributed by atoms with Gasteiger partial charge in [0.1, 0.15) is 4.32 Å². The number of carbonyl (C=O) groups excluding carboxylic acids is 2. The Bertz CT molecular complexity index is 1230. The first-order valence-corrected chi connectivity index (χ1v) is 12.4. The number of benzene rings is 1. The first-order valence-electron chi connectivity index (χ1n) is 11.2. The number of aromatic nitrogens is 1. The van der Waals surface area contributed by atoms with Gasteiger partial charge in [-0.3, -0.25) is 19.3 Å². The Hall–Kier alpha value is -2.65. The van der Waals surface area contributed by atoms with Crippen molar-refractivity contribution in [1.29, 1.82) is 0 Å². The molecule has 2 aromatic rings. The average molecular weight is 485 g/mol. The second-order valence-corrected chi connectivity index (χ2v) is 10.3. The van der Waals surface area contributed by atoms with E-state index in [4.69, 9.17) is 18.0 Å². The van der Waals surface area contributed by atoms with Crippen molar-refractivity contribution in [2.24, 2.45) is 18.7 Å². The molecular weight excluding hydrogens is 456 g/mol. The lowest BCUT2D eigenvalue weighted by Gasteiger charge is -2.34. The Morgan fingerprint density at radius 1 is 1.27 bits per heavy atom. The molecule has 2 N–H and O–H groups in total. The van der Waals surface area contributed by atoms with Crippen LogP contribution in [-0.2, 0) is 16.6 Å². The molecule has 2 fully saturated rings. The topological polar surface area (TPSA) is 88.6 Å². The molecule has 0 radical (unpaired) electrons. The van der Waals surface area contributed by atoms with Crippen LogP contribution in [0.4, 0.5) is 5.69 Å². The minimum atomic E-state index is -0.280. The van der Waals surface area contributed by atoms with Crippen molar-refractivity contribution in [2.75, 3.05) is 18.0 Å². The molecule has 0 bridgehead atoms. The number of hydrogen-bond donors (Lipinski definition) is 1. The van der Waals surface area contributed by atoms with Crippen LogP contribution < -0.4 is 16.2 Å². The predicted molar refractivity (Wildman–Crippen MR) is 138 cm³/mol. The molecule has 9 heteroatoms. The van der Waals surface area contributed by atoms with Gasteiger partial charge in [-0.05, 0) is 38.3 Å². The van der Waals surface area contributed by atoms with Gasteiger partial charge in [-0.2, -0.15) is 0 Å². The van der Waals surface area contributed by atoms with Crippen molar-refractivity contribution in [2.45, 2.75) is 39.2 Å². The zero-order valence-corrected chi connectivity index (χ0v) is 20.7. The van der Waals surface area contributed by atoms with Crippen LogP contribution in [0, 0.1) is 5.92 Å². The molecule has 2 amide bonds. The third kappa shape index (κ3) is 4.19. The number of para-hydroxylation sites is 1. The highest BCUT2D eigenvalue weighted by molar-refractivity contribution is 8.26.